The number of allylic oxidation sites excluding steroid dienone is 1. The minimum absolute atomic E-state index is 0.194. The minimum Gasteiger partial charge on any atom is -0.490 e. The highest BCUT2D eigenvalue weighted by Gasteiger charge is 2.49. The fourth-order valence-corrected chi connectivity index (χ4v) is 10.8. The summed E-state index contributed by atoms with van der Waals surface area (Å²) in [6, 6.07) is 11.7. The van der Waals surface area contributed by atoms with Crippen LogP contribution >= 0.6 is 11.6 Å². The van der Waals surface area contributed by atoms with Crippen molar-refractivity contribution in [1.29, 1.82) is 0 Å². The van der Waals surface area contributed by atoms with Gasteiger partial charge in [-0.1, -0.05) is 36.7 Å². The summed E-state index contributed by atoms with van der Waals surface area (Å²) >= 11 is 6.48. The van der Waals surface area contributed by atoms with E-state index < -0.39 is 26.8 Å². The van der Waals surface area contributed by atoms with Crippen molar-refractivity contribution in [3.8, 4) is 5.75 Å². The quantitative estimate of drug-likeness (QED) is 0.352. The number of carbonyl (C=O) groups is 1. The first kappa shape index (κ1) is 34.8. The summed E-state index contributed by atoms with van der Waals surface area (Å²) in [4.78, 5) is 18.6. The number of amides is 1. The molecule has 0 radical (unpaired) electrons. The molecule has 3 aliphatic heterocycles. The van der Waals surface area contributed by atoms with Crippen molar-refractivity contribution >= 4 is 33.2 Å². The molecule has 2 bridgehead atoms. The number of rotatable bonds is 4. The SMILES string of the molecule is CO[C@@]1(CCN2CCCC2)/C=C\C[C@H](C)[C@@H](C)S(=O)(=O)NC(=O)c2ccc3c(c2)N(C[C@@H]2CC[C@H]21)C[C@@]1(CCCc2cc(Cl)ccc21)CO3. The van der Waals surface area contributed by atoms with Gasteiger partial charge in [0.25, 0.3) is 5.91 Å². The zero-order chi connectivity index (χ0) is 34.4. The van der Waals surface area contributed by atoms with Gasteiger partial charge in [0.15, 0.2) is 0 Å². The van der Waals surface area contributed by atoms with E-state index in [2.05, 4.69) is 38.8 Å². The molecule has 2 fully saturated rings. The van der Waals surface area contributed by atoms with Crippen LogP contribution in [0, 0.1) is 17.8 Å². The standard InChI is InChI=1S/C39H52ClN3O5S/c1-27-8-6-17-39(47-3,18-21-42-19-4-5-20-42)34-13-10-31(34)24-43-25-38(16-7-9-29-22-32(40)12-14-33(29)38)26-48-36-15-11-30(23-35(36)43)37(44)41-49(45,46)28(27)2/h6,11-12,14-15,17,22-23,27-28,31,34H,4-5,7-10,13,16,18-21,24-26H2,1-3H3,(H,41,44)/b17-6-/t27-,28+,31-,34+,38-,39+/m0/s1. The van der Waals surface area contributed by atoms with Gasteiger partial charge in [-0.05, 0) is 137 Å². The second kappa shape index (κ2) is 13.9. The fraction of sp³-hybridized carbons (Fsp3) is 0.615. The summed E-state index contributed by atoms with van der Waals surface area (Å²) in [7, 11) is -2.07. The molecule has 266 valence electrons. The lowest BCUT2D eigenvalue weighted by Crippen LogP contribution is -2.53. The molecule has 0 unspecified atom stereocenters. The molecule has 7 rings (SSSR count). The van der Waals surface area contributed by atoms with Crippen LogP contribution in [0.5, 0.6) is 5.75 Å². The second-order valence-electron chi connectivity index (χ2n) is 15.5. The first-order valence-electron chi connectivity index (χ1n) is 18.3. The van der Waals surface area contributed by atoms with E-state index in [4.69, 9.17) is 21.1 Å². The number of methoxy groups -OCH3 is 1. The Hall–Kier alpha value is -2.59. The van der Waals surface area contributed by atoms with Crippen LogP contribution in [-0.4, -0.2) is 76.5 Å². The van der Waals surface area contributed by atoms with E-state index in [1.165, 1.54) is 24.0 Å². The molecular weight excluding hydrogens is 658 g/mol. The number of halogens is 1. The van der Waals surface area contributed by atoms with Crippen LogP contribution < -0.4 is 14.4 Å². The maximum atomic E-state index is 13.6. The molecule has 1 saturated heterocycles. The number of fused-ring (bicyclic) bond motifs is 4. The van der Waals surface area contributed by atoms with E-state index in [1.807, 2.05) is 32.2 Å². The number of sulfonamides is 1. The maximum Gasteiger partial charge on any atom is 0.264 e. The van der Waals surface area contributed by atoms with Gasteiger partial charge in [-0.2, -0.15) is 0 Å². The van der Waals surface area contributed by atoms with Crippen LogP contribution in [0.3, 0.4) is 0 Å². The number of hydrogen-bond donors (Lipinski definition) is 1. The summed E-state index contributed by atoms with van der Waals surface area (Å²) in [5.74, 6) is 0.612. The van der Waals surface area contributed by atoms with Crippen molar-refractivity contribution in [3.63, 3.8) is 0 Å². The Labute approximate surface area is 297 Å². The van der Waals surface area contributed by atoms with Crippen molar-refractivity contribution in [2.24, 2.45) is 17.8 Å². The Morgan fingerprint density at radius 1 is 1.08 bits per heavy atom. The fourth-order valence-electron chi connectivity index (χ4n) is 9.28. The number of aryl methyl sites for hydroxylation is 1. The molecule has 2 aromatic rings. The first-order chi connectivity index (χ1) is 23.5. The Morgan fingerprint density at radius 2 is 1.90 bits per heavy atom. The number of benzene rings is 2. The van der Waals surface area contributed by atoms with Crippen LogP contribution in [-0.2, 0) is 26.6 Å². The Bertz CT molecular complexity index is 1690. The lowest BCUT2D eigenvalue weighted by atomic mass is 9.63. The molecule has 0 aromatic heterocycles. The Balaban J connectivity index is 1.30. The van der Waals surface area contributed by atoms with Crippen LogP contribution in [0.4, 0.5) is 5.69 Å². The molecule has 3 heterocycles. The molecule has 2 aromatic carbocycles. The second-order valence-corrected chi connectivity index (χ2v) is 18.0. The van der Waals surface area contributed by atoms with Crippen molar-refractivity contribution in [2.75, 3.05) is 51.3 Å². The maximum absolute atomic E-state index is 13.6. The third kappa shape index (κ3) is 6.77. The third-order valence-electron chi connectivity index (χ3n) is 12.6. The summed E-state index contributed by atoms with van der Waals surface area (Å²) in [6.07, 6.45) is 13.6. The molecule has 10 heteroatoms. The number of ether oxygens (including phenoxy) is 2. The Kier molecular flexibility index (Phi) is 9.85. The van der Waals surface area contributed by atoms with Crippen LogP contribution in [0.1, 0.15) is 86.7 Å². The molecule has 1 N–H and O–H groups in total. The van der Waals surface area contributed by atoms with E-state index in [0.29, 0.717) is 30.4 Å². The van der Waals surface area contributed by atoms with Crippen molar-refractivity contribution < 1.29 is 22.7 Å². The highest BCUT2D eigenvalue weighted by atomic mass is 35.5. The van der Waals surface area contributed by atoms with Gasteiger partial charge in [-0.25, -0.2) is 13.1 Å². The lowest BCUT2D eigenvalue weighted by molar-refractivity contribution is -0.0830. The molecule has 49 heavy (non-hydrogen) atoms. The molecule has 8 nitrogen and oxygen atoms in total. The van der Waals surface area contributed by atoms with E-state index in [0.717, 1.165) is 87.7 Å². The van der Waals surface area contributed by atoms with E-state index in [9.17, 15) is 13.2 Å². The van der Waals surface area contributed by atoms with Crippen molar-refractivity contribution in [3.05, 3.63) is 70.3 Å². The highest BCUT2D eigenvalue weighted by molar-refractivity contribution is 7.90. The predicted molar refractivity (Wildman–Crippen MR) is 195 cm³/mol. The number of anilines is 1. The van der Waals surface area contributed by atoms with Crippen LogP contribution in [0.25, 0.3) is 0 Å². The number of nitrogens with zero attached hydrogens (tertiary/aromatic N) is 2. The van der Waals surface area contributed by atoms with Gasteiger partial charge < -0.3 is 19.3 Å². The molecular formula is C39H52ClN3O5S. The number of carbonyl (C=O) groups excluding carboxylic acids is 1. The summed E-state index contributed by atoms with van der Waals surface area (Å²) in [6.45, 7) is 8.95. The normalized spacial score (nSPS) is 33.8. The lowest BCUT2D eigenvalue weighted by Gasteiger charge is -2.51. The van der Waals surface area contributed by atoms with Gasteiger partial charge in [0, 0.05) is 42.7 Å². The van der Waals surface area contributed by atoms with Crippen molar-refractivity contribution in [1.82, 2.24) is 9.62 Å². The monoisotopic (exact) mass is 709 g/mol. The van der Waals surface area contributed by atoms with E-state index >= 15 is 0 Å². The first-order valence-corrected chi connectivity index (χ1v) is 20.3. The minimum atomic E-state index is -3.93. The molecule has 6 atom stereocenters. The van der Waals surface area contributed by atoms with Crippen LogP contribution in [0.15, 0.2) is 48.6 Å². The van der Waals surface area contributed by atoms with Gasteiger partial charge in [-0.15, -0.1) is 0 Å². The molecule has 5 aliphatic rings. The topological polar surface area (TPSA) is 88.2 Å². The zero-order valence-electron chi connectivity index (χ0n) is 29.3. The zero-order valence-corrected chi connectivity index (χ0v) is 30.8. The number of likely N-dealkylation sites (tertiary alicyclic amines) is 1. The van der Waals surface area contributed by atoms with Gasteiger partial charge in [0.1, 0.15) is 5.75 Å². The van der Waals surface area contributed by atoms with E-state index in [-0.39, 0.29) is 11.3 Å². The van der Waals surface area contributed by atoms with Crippen LogP contribution in [0.2, 0.25) is 5.02 Å². The smallest absolute Gasteiger partial charge is 0.264 e. The van der Waals surface area contributed by atoms with Gasteiger partial charge >= 0.3 is 0 Å². The average Bonchev–Trinajstić information content (AvgIpc) is 3.55. The number of hydrogen-bond acceptors (Lipinski definition) is 7. The summed E-state index contributed by atoms with van der Waals surface area (Å²) < 4.78 is 42.7. The Morgan fingerprint density at radius 3 is 2.65 bits per heavy atom. The molecule has 1 spiro atoms. The third-order valence-corrected chi connectivity index (χ3v) is 14.8. The molecule has 1 saturated carbocycles. The van der Waals surface area contributed by atoms with Gasteiger partial charge in [0.05, 0.1) is 23.1 Å². The van der Waals surface area contributed by atoms with Gasteiger partial charge in [0.2, 0.25) is 10.0 Å². The van der Waals surface area contributed by atoms with Crippen molar-refractivity contribution in [2.45, 2.75) is 87.9 Å². The summed E-state index contributed by atoms with van der Waals surface area (Å²) in [5, 5.41) is -0.00412. The highest BCUT2D eigenvalue weighted by Crippen LogP contribution is 2.50. The summed E-state index contributed by atoms with van der Waals surface area (Å²) in [5.41, 5.74) is 3.04. The predicted octanol–water partition coefficient (Wildman–Crippen LogP) is 6.75. The van der Waals surface area contributed by atoms with Gasteiger partial charge in [-0.3, -0.25) is 4.79 Å². The number of nitrogens with one attached hydrogen (secondary N) is 1. The molecule has 2 aliphatic carbocycles. The largest absolute Gasteiger partial charge is 0.490 e. The average molecular weight is 710 g/mol. The molecule has 1 amide bonds. The van der Waals surface area contributed by atoms with E-state index in [1.54, 1.807) is 13.0 Å².